The maximum Gasteiger partial charge on any atom is 0.419 e. The second-order valence-electron chi connectivity index (χ2n) is 7.87. The van der Waals surface area contributed by atoms with Crippen LogP contribution in [0.4, 0.5) is 17.6 Å². The van der Waals surface area contributed by atoms with Crippen LogP contribution < -0.4 is 0 Å². The molecule has 24 heavy (non-hydrogen) atoms. The van der Waals surface area contributed by atoms with Crippen molar-refractivity contribution in [3.63, 3.8) is 0 Å². The van der Waals surface area contributed by atoms with Crippen LogP contribution in [0.15, 0.2) is 18.2 Å². The van der Waals surface area contributed by atoms with Gasteiger partial charge in [-0.1, -0.05) is 25.8 Å². The van der Waals surface area contributed by atoms with Gasteiger partial charge < -0.3 is 0 Å². The van der Waals surface area contributed by atoms with Gasteiger partial charge in [0, 0.05) is 0 Å². The second kappa shape index (κ2) is 7.05. The molecule has 1 aromatic rings. The SMILES string of the molecule is CC1CCC(C2CCC(c3ccc(C(F)(F)F)c(F)c3)CC2)CC1. The summed E-state index contributed by atoms with van der Waals surface area (Å²) in [5, 5.41) is 0. The van der Waals surface area contributed by atoms with Crippen molar-refractivity contribution in [3.05, 3.63) is 35.1 Å². The van der Waals surface area contributed by atoms with Gasteiger partial charge in [-0.05, 0) is 79.9 Å². The summed E-state index contributed by atoms with van der Waals surface area (Å²) in [6.45, 7) is 2.33. The predicted molar refractivity (Wildman–Crippen MR) is 87.2 cm³/mol. The van der Waals surface area contributed by atoms with E-state index in [1.54, 1.807) is 0 Å². The van der Waals surface area contributed by atoms with Gasteiger partial charge in [-0.2, -0.15) is 13.2 Å². The largest absolute Gasteiger partial charge is 0.419 e. The minimum atomic E-state index is -4.61. The molecule has 1 aromatic carbocycles. The maximum atomic E-state index is 13.8. The van der Waals surface area contributed by atoms with Gasteiger partial charge in [0.25, 0.3) is 0 Å². The summed E-state index contributed by atoms with van der Waals surface area (Å²) in [5.41, 5.74) is -0.424. The molecule has 0 heterocycles. The Balaban J connectivity index is 1.60. The van der Waals surface area contributed by atoms with Gasteiger partial charge >= 0.3 is 6.18 Å². The number of halogens is 4. The monoisotopic (exact) mass is 342 g/mol. The van der Waals surface area contributed by atoms with Gasteiger partial charge in [-0.25, -0.2) is 4.39 Å². The molecule has 134 valence electrons. The molecule has 0 bridgehead atoms. The molecular weight excluding hydrogens is 316 g/mol. The Morgan fingerprint density at radius 3 is 1.88 bits per heavy atom. The Bertz CT molecular complexity index is 547. The van der Waals surface area contributed by atoms with Gasteiger partial charge in [0.15, 0.2) is 0 Å². The van der Waals surface area contributed by atoms with Gasteiger partial charge in [0.05, 0.1) is 5.56 Å². The number of alkyl halides is 3. The molecule has 0 N–H and O–H groups in total. The molecule has 0 amide bonds. The van der Waals surface area contributed by atoms with Crippen LogP contribution in [0, 0.1) is 23.6 Å². The highest BCUT2D eigenvalue weighted by Gasteiger charge is 2.35. The third-order valence-electron chi connectivity index (χ3n) is 6.27. The molecule has 0 radical (unpaired) electrons. The first kappa shape index (κ1) is 17.8. The third kappa shape index (κ3) is 3.94. The summed E-state index contributed by atoms with van der Waals surface area (Å²) < 4.78 is 51.8. The van der Waals surface area contributed by atoms with Crippen molar-refractivity contribution >= 4 is 0 Å². The Kier molecular flexibility index (Phi) is 5.22. The minimum Gasteiger partial charge on any atom is -0.206 e. The summed E-state index contributed by atoms with van der Waals surface area (Å²) in [5.74, 6) is 1.51. The summed E-state index contributed by atoms with van der Waals surface area (Å²) in [6, 6.07) is 3.48. The lowest BCUT2D eigenvalue weighted by atomic mass is 9.68. The van der Waals surface area contributed by atoms with E-state index >= 15 is 0 Å². The van der Waals surface area contributed by atoms with Gasteiger partial charge in [-0.3, -0.25) is 0 Å². The molecule has 2 aliphatic carbocycles. The fraction of sp³-hybridized carbons (Fsp3) is 0.700. The van der Waals surface area contributed by atoms with E-state index in [1.165, 1.54) is 31.7 Å². The molecule has 0 nitrogen and oxygen atoms in total. The summed E-state index contributed by atoms with van der Waals surface area (Å²) in [7, 11) is 0. The highest BCUT2D eigenvalue weighted by Crippen LogP contribution is 2.44. The molecule has 3 rings (SSSR count). The van der Waals surface area contributed by atoms with Crippen molar-refractivity contribution in [3.8, 4) is 0 Å². The number of hydrogen-bond acceptors (Lipinski definition) is 0. The van der Waals surface area contributed by atoms with Crippen LogP contribution >= 0.6 is 0 Å². The summed E-state index contributed by atoms with van der Waals surface area (Å²) in [4.78, 5) is 0. The van der Waals surface area contributed by atoms with E-state index in [9.17, 15) is 17.6 Å². The molecule has 4 heteroatoms. The molecule has 0 unspecified atom stereocenters. The number of benzene rings is 1. The predicted octanol–water partition coefficient (Wildman–Crippen LogP) is 6.94. The quantitative estimate of drug-likeness (QED) is 0.510. The van der Waals surface area contributed by atoms with Crippen LogP contribution in [0.2, 0.25) is 0 Å². The molecule has 0 atom stereocenters. The lowest BCUT2D eigenvalue weighted by Gasteiger charge is -2.37. The zero-order valence-corrected chi connectivity index (χ0v) is 14.2. The van der Waals surface area contributed by atoms with E-state index in [0.717, 1.165) is 61.1 Å². The summed E-state index contributed by atoms with van der Waals surface area (Å²) in [6.07, 6.45) is 4.90. The Hall–Kier alpha value is -1.06. The van der Waals surface area contributed by atoms with Crippen LogP contribution in [0.3, 0.4) is 0 Å². The van der Waals surface area contributed by atoms with E-state index in [0.29, 0.717) is 0 Å². The van der Waals surface area contributed by atoms with Crippen LogP contribution in [-0.2, 0) is 6.18 Å². The van der Waals surface area contributed by atoms with E-state index in [1.807, 2.05) is 0 Å². The van der Waals surface area contributed by atoms with Crippen molar-refractivity contribution in [1.29, 1.82) is 0 Å². The van der Waals surface area contributed by atoms with E-state index in [4.69, 9.17) is 0 Å². The van der Waals surface area contributed by atoms with E-state index in [2.05, 4.69) is 6.92 Å². The number of rotatable bonds is 2. The Morgan fingerprint density at radius 1 is 0.833 bits per heavy atom. The maximum absolute atomic E-state index is 13.8. The first-order valence-corrected chi connectivity index (χ1v) is 9.21. The molecule has 2 saturated carbocycles. The average molecular weight is 342 g/mol. The van der Waals surface area contributed by atoms with Gasteiger partial charge in [0.2, 0.25) is 0 Å². The lowest BCUT2D eigenvalue weighted by molar-refractivity contribution is -0.140. The molecular formula is C20H26F4. The van der Waals surface area contributed by atoms with Gasteiger partial charge in [-0.15, -0.1) is 0 Å². The Labute approximate surface area is 141 Å². The molecule has 0 saturated heterocycles. The average Bonchev–Trinajstić information content (AvgIpc) is 2.54. The molecule has 2 fully saturated rings. The van der Waals surface area contributed by atoms with Crippen LogP contribution in [0.1, 0.15) is 75.3 Å². The fourth-order valence-corrected chi connectivity index (χ4v) is 4.70. The van der Waals surface area contributed by atoms with Crippen LogP contribution in [-0.4, -0.2) is 0 Å². The minimum absolute atomic E-state index is 0.209. The van der Waals surface area contributed by atoms with Crippen molar-refractivity contribution in [2.75, 3.05) is 0 Å². The number of hydrogen-bond donors (Lipinski definition) is 0. The van der Waals surface area contributed by atoms with Crippen molar-refractivity contribution in [2.24, 2.45) is 17.8 Å². The van der Waals surface area contributed by atoms with Crippen molar-refractivity contribution in [1.82, 2.24) is 0 Å². The zero-order valence-electron chi connectivity index (χ0n) is 14.2. The van der Waals surface area contributed by atoms with Crippen LogP contribution in [0.5, 0.6) is 0 Å². The summed E-state index contributed by atoms with van der Waals surface area (Å²) >= 11 is 0. The molecule has 0 aliphatic heterocycles. The highest BCUT2D eigenvalue weighted by atomic mass is 19.4. The van der Waals surface area contributed by atoms with Gasteiger partial charge in [0.1, 0.15) is 5.82 Å². The van der Waals surface area contributed by atoms with Crippen molar-refractivity contribution in [2.45, 2.75) is 70.4 Å². The molecule has 0 spiro atoms. The lowest BCUT2D eigenvalue weighted by Crippen LogP contribution is -2.24. The first-order valence-electron chi connectivity index (χ1n) is 9.21. The fourth-order valence-electron chi connectivity index (χ4n) is 4.70. The first-order chi connectivity index (χ1) is 11.3. The van der Waals surface area contributed by atoms with Crippen molar-refractivity contribution < 1.29 is 17.6 Å². The zero-order chi connectivity index (χ0) is 17.3. The topological polar surface area (TPSA) is 0 Å². The van der Waals surface area contributed by atoms with E-state index in [-0.39, 0.29) is 5.92 Å². The third-order valence-corrected chi connectivity index (χ3v) is 6.27. The molecule has 0 aromatic heterocycles. The highest BCUT2D eigenvalue weighted by molar-refractivity contribution is 5.29. The normalized spacial score (nSPS) is 31.9. The smallest absolute Gasteiger partial charge is 0.206 e. The molecule has 2 aliphatic rings. The standard InChI is InChI=1S/C20H26F4/c1-13-2-4-14(5-3-13)15-6-8-16(9-7-15)17-10-11-18(19(21)12-17)20(22,23)24/h10-16H,2-9H2,1H3. The van der Waals surface area contributed by atoms with E-state index < -0.39 is 17.6 Å². The second-order valence-corrected chi connectivity index (χ2v) is 7.87. The Morgan fingerprint density at radius 2 is 1.38 bits per heavy atom. The van der Waals surface area contributed by atoms with Crippen LogP contribution in [0.25, 0.3) is 0 Å².